The third-order valence-electron chi connectivity index (χ3n) is 13.4. The first-order valence-corrected chi connectivity index (χ1v) is 27.6. The predicted molar refractivity (Wildman–Crippen MR) is 263 cm³/mol. The number of hydrogen-bond donors (Lipinski definition) is 0. The summed E-state index contributed by atoms with van der Waals surface area (Å²) in [6.45, 7) is 9.15. The molecule has 2 unspecified atom stereocenters. The summed E-state index contributed by atoms with van der Waals surface area (Å²) < 4.78 is 0. The van der Waals surface area contributed by atoms with Crippen LogP contribution in [-0.4, -0.2) is 33.7 Å². The van der Waals surface area contributed by atoms with Crippen LogP contribution in [0.1, 0.15) is 256 Å². The van der Waals surface area contributed by atoms with E-state index in [-0.39, 0.29) is 23.9 Å². The second-order valence-electron chi connectivity index (χ2n) is 18.4. The van der Waals surface area contributed by atoms with E-state index in [9.17, 15) is 0 Å². The second-order valence-corrected chi connectivity index (χ2v) is 20.3. The summed E-state index contributed by atoms with van der Waals surface area (Å²) in [5.41, 5.74) is 3.23. The zero-order chi connectivity index (χ0) is 42.6. The van der Waals surface area contributed by atoms with Crippen LogP contribution in [0, 0.1) is 0 Å². The summed E-state index contributed by atoms with van der Waals surface area (Å²) in [5.74, 6) is 0.168. The summed E-state index contributed by atoms with van der Waals surface area (Å²) >= 11 is 3.38. The van der Waals surface area contributed by atoms with Crippen LogP contribution in [0.2, 0.25) is 0 Å². The van der Waals surface area contributed by atoms with Crippen molar-refractivity contribution in [2.45, 2.75) is 258 Å². The molecular weight excluding hydrogens is 773 g/mol. The zero-order valence-corrected chi connectivity index (χ0v) is 40.8. The molecule has 2 aromatic rings. The van der Waals surface area contributed by atoms with Crippen molar-refractivity contribution < 1.29 is 9.59 Å². The van der Waals surface area contributed by atoms with Crippen LogP contribution in [0.3, 0.4) is 0 Å². The van der Waals surface area contributed by atoms with E-state index in [0.29, 0.717) is 11.1 Å². The molecule has 0 saturated heterocycles. The maximum absolute atomic E-state index is 15.4. The van der Waals surface area contributed by atoms with E-state index in [1.807, 2.05) is 0 Å². The maximum Gasteiger partial charge on any atom is 0.261 e. The molecule has 2 atom stereocenters. The van der Waals surface area contributed by atoms with Gasteiger partial charge in [-0.3, -0.25) is 9.59 Å². The van der Waals surface area contributed by atoms with Crippen molar-refractivity contribution in [3.05, 3.63) is 55.9 Å². The molecule has 60 heavy (non-hydrogen) atoms. The van der Waals surface area contributed by atoms with Crippen molar-refractivity contribution in [3.8, 4) is 0 Å². The number of thiophene rings is 2. The molecule has 4 nitrogen and oxygen atoms in total. The van der Waals surface area contributed by atoms with Crippen LogP contribution in [0.5, 0.6) is 0 Å². The predicted octanol–water partition coefficient (Wildman–Crippen LogP) is 17.7. The van der Waals surface area contributed by atoms with Crippen LogP contribution < -0.4 is 0 Å². The van der Waals surface area contributed by atoms with Crippen molar-refractivity contribution in [2.24, 2.45) is 0 Å². The number of fused-ring (bicyclic) bond motifs is 1. The number of carbonyl (C=O) groups is 2. The summed E-state index contributed by atoms with van der Waals surface area (Å²) in [6, 6.07) is 8.75. The van der Waals surface area contributed by atoms with E-state index < -0.39 is 0 Å². The molecule has 6 heteroatoms. The Labute approximate surface area is 377 Å². The van der Waals surface area contributed by atoms with Gasteiger partial charge in [0.15, 0.2) is 0 Å². The molecule has 0 bridgehead atoms. The highest BCUT2D eigenvalue weighted by Gasteiger charge is 2.52. The molecule has 0 aliphatic carbocycles. The first-order valence-electron chi connectivity index (χ1n) is 25.8. The lowest BCUT2D eigenvalue weighted by Crippen LogP contribution is -2.39. The van der Waals surface area contributed by atoms with Crippen LogP contribution in [0.15, 0.2) is 46.2 Å². The Balaban J connectivity index is 1.62. The zero-order valence-electron chi connectivity index (χ0n) is 39.2. The Kier molecular flexibility index (Phi) is 25.9. The maximum atomic E-state index is 15.4. The van der Waals surface area contributed by atoms with Gasteiger partial charge >= 0.3 is 0 Å². The third-order valence-corrected chi connectivity index (χ3v) is 15.1. The van der Waals surface area contributed by atoms with Gasteiger partial charge in [0, 0.05) is 12.1 Å². The lowest BCUT2D eigenvalue weighted by atomic mass is 9.97. The Morgan fingerprint density at radius 3 is 0.867 bits per heavy atom. The highest BCUT2D eigenvalue weighted by molar-refractivity contribution is 7.11. The topological polar surface area (TPSA) is 40.6 Å². The van der Waals surface area contributed by atoms with Crippen molar-refractivity contribution in [1.82, 2.24) is 9.80 Å². The molecular formula is C54H88N2O2S2. The van der Waals surface area contributed by atoms with E-state index >= 15 is 9.59 Å². The molecule has 338 valence electrons. The molecule has 0 N–H and O–H groups in total. The molecule has 4 heterocycles. The summed E-state index contributed by atoms with van der Waals surface area (Å²) in [4.78, 5) is 37.3. The van der Waals surface area contributed by atoms with E-state index in [1.165, 1.54) is 167 Å². The number of carbonyl (C=O) groups excluding carboxylic acids is 2. The Hall–Kier alpha value is -2.18. The number of unbranched alkanes of at least 4 members (excludes halogenated alkanes) is 26. The summed E-state index contributed by atoms with van der Waals surface area (Å²) in [7, 11) is 0. The molecule has 0 radical (unpaired) electrons. The summed E-state index contributed by atoms with van der Waals surface area (Å²) in [6.07, 6.45) is 42.4. The van der Waals surface area contributed by atoms with Crippen LogP contribution in [0.25, 0.3) is 11.4 Å². The van der Waals surface area contributed by atoms with Crippen molar-refractivity contribution >= 4 is 45.9 Å². The molecule has 0 spiro atoms. The first kappa shape index (κ1) is 50.5. The highest BCUT2D eigenvalue weighted by atomic mass is 32.1. The van der Waals surface area contributed by atoms with Gasteiger partial charge in [0.05, 0.1) is 32.3 Å². The second kappa shape index (κ2) is 30.8. The highest BCUT2D eigenvalue weighted by Crippen LogP contribution is 2.51. The number of amides is 2. The molecule has 2 aliphatic rings. The molecule has 0 saturated carbocycles. The smallest absolute Gasteiger partial charge is 0.261 e. The average molecular weight is 861 g/mol. The molecule has 0 fully saturated rings. The minimum atomic E-state index is 0.0842. The molecule has 2 amide bonds. The monoisotopic (exact) mass is 861 g/mol. The number of nitrogens with zero attached hydrogens (tertiary/aromatic N) is 2. The lowest BCUT2D eigenvalue weighted by molar-refractivity contribution is -0.125. The Morgan fingerprint density at radius 2 is 0.633 bits per heavy atom. The fraction of sp³-hybridized carbons (Fsp3) is 0.741. The molecule has 4 rings (SSSR count). The Morgan fingerprint density at radius 1 is 0.383 bits per heavy atom. The van der Waals surface area contributed by atoms with Crippen LogP contribution in [0.4, 0.5) is 0 Å². The average Bonchev–Trinajstić information content (AvgIpc) is 4.08. The van der Waals surface area contributed by atoms with Crippen molar-refractivity contribution in [1.29, 1.82) is 0 Å². The SMILES string of the molecule is CCCCCCCCCCCC(CCCCCCCC)N1C(=O)C2=C(c3cccs3)N(C(CCCCCCCC)CCCCCCCCCCC)C(=O)C2=C1c1cccs1. The van der Waals surface area contributed by atoms with Gasteiger partial charge in [0.25, 0.3) is 11.8 Å². The van der Waals surface area contributed by atoms with Gasteiger partial charge in [0.2, 0.25) is 0 Å². The van der Waals surface area contributed by atoms with Crippen LogP contribution in [-0.2, 0) is 9.59 Å². The molecule has 2 aromatic heterocycles. The van der Waals surface area contributed by atoms with E-state index in [1.54, 1.807) is 22.7 Å². The Bertz CT molecular complexity index is 1380. The van der Waals surface area contributed by atoms with Crippen LogP contribution >= 0.6 is 22.7 Å². The van der Waals surface area contributed by atoms with Gasteiger partial charge in [-0.05, 0) is 48.6 Å². The van der Waals surface area contributed by atoms with E-state index in [0.717, 1.165) is 72.5 Å². The standard InChI is InChI=1S/C54H88N2O2S2/c1-5-9-13-17-21-23-25-29-33-39-45(37-31-27-19-15-11-7-3)55-51(47-41-35-43-59-47)49-50(53(55)57)52(48-42-36-44-60-48)56(54(49)58)46(38-32-28-20-16-12-8-4)40-34-30-26-24-22-18-14-10-6-2/h35-36,41-46H,5-34,37-40H2,1-4H3. The van der Waals surface area contributed by atoms with Gasteiger partial charge in [0.1, 0.15) is 0 Å². The lowest BCUT2D eigenvalue weighted by Gasteiger charge is -2.34. The number of rotatable bonds is 38. The minimum Gasteiger partial charge on any atom is -0.303 e. The fourth-order valence-electron chi connectivity index (χ4n) is 9.85. The van der Waals surface area contributed by atoms with E-state index in [4.69, 9.17) is 0 Å². The fourth-order valence-corrected chi connectivity index (χ4v) is 11.4. The van der Waals surface area contributed by atoms with Gasteiger partial charge in [-0.2, -0.15) is 0 Å². The summed E-state index contributed by atoms with van der Waals surface area (Å²) in [5, 5.41) is 4.25. The molecule has 2 aliphatic heterocycles. The third kappa shape index (κ3) is 16.2. The first-order chi connectivity index (χ1) is 29.6. The normalized spacial score (nSPS) is 15.3. The van der Waals surface area contributed by atoms with Gasteiger partial charge < -0.3 is 9.80 Å². The largest absolute Gasteiger partial charge is 0.303 e. The van der Waals surface area contributed by atoms with Crippen molar-refractivity contribution in [3.63, 3.8) is 0 Å². The van der Waals surface area contributed by atoms with E-state index in [2.05, 4.69) is 72.5 Å². The van der Waals surface area contributed by atoms with Gasteiger partial charge in [-0.25, -0.2) is 0 Å². The minimum absolute atomic E-state index is 0.0842. The van der Waals surface area contributed by atoms with Gasteiger partial charge in [-0.1, -0.05) is 232 Å². The molecule has 0 aromatic carbocycles. The quantitative estimate of drug-likeness (QED) is 0.0631. The van der Waals surface area contributed by atoms with Crippen molar-refractivity contribution in [2.75, 3.05) is 0 Å². The van der Waals surface area contributed by atoms with Gasteiger partial charge in [-0.15, -0.1) is 22.7 Å². The number of hydrogen-bond acceptors (Lipinski definition) is 4.